The van der Waals surface area contributed by atoms with E-state index in [0.29, 0.717) is 23.0 Å². The molecule has 0 saturated carbocycles. The number of aromatic nitrogens is 2. The van der Waals surface area contributed by atoms with Crippen molar-refractivity contribution in [1.82, 2.24) is 14.9 Å². The van der Waals surface area contributed by atoms with E-state index in [1.54, 1.807) is 12.3 Å². The first-order valence-electron chi connectivity index (χ1n) is 10.6. The minimum atomic E-state index is -0.280. The Morgan fingerprint density at radius 3 is 2.50 bits per heavy atom. The van der Waals surface area contributed by atoms with Gasteiger partial charge in [0.1, 0.15) is 11.5 Å². The number of anilines is 1. The average molecular weight is 427 g/mol. The highest BCUT2D eigenvalue weighted by molar-refractivity contribution is 6.05. The number of furan rings is 1. The van der Waals surface area contributed by atoms with Crippen LogP contribution in [0.2, 0.25) is 0 Å². The van der Waals surface area contributed by atoms with Crippen LogP contribution in [0.15, 0.2) is 83.5 Å². The third-order valence-electron chi connectivity index (χ3n) is 5.04. The molecule has 2 heterocycles. The van der Waals surface area contributed by atoms with E-state index < -0.39 is 0 Å². The van der Waals surface area contributed by atoms with Crippen LogP contribution in [0.1, 0.15) is 22.6 Å². The summed E-state index contributed by atoms with van der Waals surface area (Å²) in [4.78, 5) is 24.7. The summed E-state index contributed by atoms with van der Waals surface area (Å²) < 4.78 is 5.53. The van der Waals surface area contributed by atoms with Crippen molar-refractivity contribution in [1.29, 1.82) is 0 Å². The summed E-state index contributed by atoms with van der Waals surface area (Å²) in [5.41, 5.74) is 3.56. The third-order valence-corrected chi connectivity index (χ3v) is 5.04. The van der Waals surface area contributed by atoms with Gasteiger partial charge in [-0.3, -0.25) is 4.79 Å². The number of carbonyl (C=O) groups is 1. The van der Waals surface area contributed by atoms with E-state index in [9.17, 15) is 4.79 Å². The van der Waals surface area contributed by atoms with Gasteiger partial charge in [0.05, 0.1) is 12.0 Å². The lowest BCUT2D eigenvalue weighted by molar-refractivity contribution is 0.102. The Labute approximate surface area is 187 Å². The quantitative estimate of drug-likeness (QED) is 0.422. The summed E-state index contributed by atoms with van der Waals surface area (Å²) in [6.07, 6.45) is 3.33. The van der Waals surface area contributed by atoms with Crippen LogP contribution in [0.5, 0.6) is 0 Å². The molecule has 0 aliphatic carbocycles. The molecule has 2 aromatic carbocycles. The van der Waals surface area contributed by atoms with Crippen molar-refractivity contribution >= 4 is 11.6 Å². The lowest BCUT2D eigenvalue weighted by Gasteiger charge is -2.12. The van der Waals surface area contributed by atoms with Gasteiger partial charge in [-0.15, -0.1) is 0 Å². The Hall–Kier alpha value is -3.77. The first-order chi connectivity index (χ1) is 15.6. The topological polar surface area (TPSA) is 71.3 Å². The molecular weight excluding hydrogens is 400 g/mol. The van der Waals surface area contributed by atoms with Crippen molar-refractivity contribution in [2.75, 3.05) is 26.0 Å². The Bertz CT molecular complexity index is 1170. The SMILES string of the molecule is CN(C)CCCc1cc(C(=O)Nc2ccccc2-c2ccco2)nc(-c2ccccc2)n1. The molecule has 0 radical (unpaired) electrons. The van der Waals surface area contributed by atoms with E-state index in [0.717, 1.165) is 36.2 Å². The van der Waals surface area contributed by atoms with Gasteiger partial charge >= 0.3 is 0 Å². The fourth-order valence-corrected chi connectivity index (χ4v) is 3.46. The lowest BCUT2D eigenvalue weighted by atomic mass is 10.1. The fourth-order valence-electron chi connectivity index (χ4n) is 3.46. The number of benzene rings is 2. The molecule has 4 rings (SSSR count). The summed E-state index contributed by atoms with van der Waals surface area (Å²) in [7, 11) is 4.09. The van der Waals surface area contributed by atoms with Crippen molar-refractivity contribution in [2.24, 2.45) is 0 Å². The van der Waals surface area contributed by atoms with Gasteiger partial charge in [0, 0.05) is 16.8 Å². The molecule has 0 fully saturated rings. The number of nitrogens with zero attached hydrogens (tertiary/aromatic N) is 3. The first kappa shape index (κ1) is 21.5. The monoisotopic (exact) mass is 426 g/mol. The Morgan fingerprint density at radius 1 is 0.969 bits per heavy atom. The van der Waals surface area contributed by atoms with Gasteiger partial charge in [-0.2, -0.15) is 0 Å². The summed E-state index contributed by atoms with van der Waals surface area (Å²) >= 11 is 0. The zero-order chi connectivity index (χ0) is 22.3. The number of nitrogens with one attached hydrogen (secondary N) is 1. The van der Waals surface area contributed by atoms with Crippen molar-refractivity contribution < 1.29 is 9.21 Å². The maximum absolute atomic E-state index is 13.2. The Morgan fingerprint density at radius 2 is 1.75 bits per heavy atom. The van der Waals surface area contributed by atoms with Gasteiger partial charge in [0.15, 0.2) is 5.82 Å². The standard InChI is InChI=1S/C26H26N4O2/c1-30(2)16-8-12-20-18-23(28-25(27-20)19-10-4-3-5-11-19)26(31)29-22-14-7-6-13-21(22)24-15-9-17-32-24/h3-7,9-11,13-15,17-18H,8,12,16H2,1-2H3,(H,29,31). The van der Waals surface area contributed by atoms with Gasteiger partial charge in [-0.1, -0.05) is 42.5 Å². The Kier molecular flexibility index (Phi) is 6.72. The van der Waals surface area contributed by atoms with Crippen LogP contribution in [-0.4, -0.2) is 41.4 Å². The normalized spacial score (nSPS) is 11.0. The van der Waals surface area contributed by atoms with E-state index >= 15 is 0 Å². The molecule has 162 valence electrons. The predicted octanol–water partition coefficient (Wildman–Crippen LogP) is 5.15. The second-order valence-electron chi connectivity index (χ2n) is 7.82. The van der Waals surface area contributed by atoms with Crippen LogP contribution in [0.4, 0.5) is 5.69 Å². The molecule has 1 amide bonds. The molecule has 0 aliphatic heterocycles. The molecular formula is C26H26N4O2. The maximum atomic E-state index is 13.2. The summed E-state index contributed by atoms with van der Waals surface area (Å²) in [5, 5.41) is 3.00. The third kappa shape index (κ3) is 5.28. The van der Waals surface area contributed by atoms with E-state index in [1.807, 2.05) is 80.8 Å². The van der Waals surface area contributed by atoms with Crippen LogP contribution < -0.4 is 5.32 Å². The predicted molar refractivity (Wildman–Crippen MR) is 126 cm³/mol. The summed E-state index contributed by atoms with van der Waals surface area (Å²) in [6.45, 7) is 0.947. The van der Waals surface area contributed by atoms with Gasteiger partial charge in [0.25, 0.3) is 5.91 Å². The number of carbonyl (C=O) groups excluding carboxylic acids is 1. The molecule has 4 aromatic rings. The highest BCUT2D eigenvalue weighted by atomic mass is 16.3. The second kappa shape index (κ2) is 10.0. The van der Waals surface area contributed by atoms with Crippen molar-refractivity contribution in [3.8, 4) is 22.7 Å². The van der Waals surface area contributed by atoms with Crippen LogP contribution in [0.25, 0.3) is 22.7 Å². The summed E-state index contributed by atoms with van der Waals surface area (Å²) in [6, 6.07) is 22.8. The average Bonchev–Trinajstić information content (AvgIpc) is 3.34. The van der Waals surface area contributed by atoms with Crippen molar-refractivity contribution in [2.45, 2.75) is 12.8 Å². The largest absolute Gasteiger partial charge is 0.464 e. The first-order valence-corrected chi connectivity index (χ1v) is 10.6. The highest BCUT2D eigenvalue weighted by Gasteiger charge is 2.16. The second-order valence-corrected chi connectivity index (χ2v) is 7.82. The molecule has 0 saturated heterocycles. The molecule has 32 heavy (non-hydrogen) atoms. The van der Waals surface area contributed by atoms with Gasteiger partial charge in [-0.25, -0.2) is 9.97 Å². The van der Waals surface area contributed by atoms with Crippen LogP contribution in [0.3, 0.4) is 0 Å². The van der Waals surface area contributed by atoms with Gasteiger partial charge in [0.2, 0.25) is 0 Å². The number of amides is 1. The van der Waals surface area contributed by atoms with Crippen LogP contribution in [-0.2, 0) is 6.42 Å². The molecule has 0 bridgehead atoms. The van der Waals surface area contributed by atoms with E-state index in [1.165, 1.54) is 0 Å². The minimum Gasteiger partial charge on any atom is -0.464 e. The molecule has 1 N–H and O–H groups in total. The number of rotatable bonds is 8. The van der Waals surface area contributed by atoms with E-state index in [4.69, 9.17) is 9.40 Å². The lowest BCUT2D eigenvalue weighted by Crippen LogP contribution is -2.17. The number of aryl methyl sites for hydroxylation is 1. The number of para-hydroxylation sites is 1. The maximum Gasteiger partial charge on any atom is 0.274 e. The molecule has 6 nitrogen and oxygen atoms in total. The fraction of sp³-hybridized carbons (Fsp3) is 0.192. The van der Waals surface area contributed by atoms with E-state index in [-0.39, 0.29) is 5.91 Å². The smallest absolute Gasteiger partial charge is 0.274 e. The van der Waals surface area contributed by atoms with Crippen LogP contribution in [0, 0.1) is 0 Å². The molecule has 0 aliphatic rings. The Balaban J connectivity index is 1.64. The summed E-state index contributed by atoms with van der Waals surface area (Å²) in [5.74, 6) is 0.966. The molecule has 0 spiro atoms. The molecule has 0 unspecified atom stereocenters. The molecule has 6 heteroatoms. The molecule has 0 atom stereocenters. The number of hydrogen-bond acceptors (Lipinski definition) is 5. The van der Waals surface area contributed by atoms with Crippen molar-refractivity contribution in [3.05, 3.63) is 90.4 Å². The van der Waals surface area contributed by atoms with Crippen LogP contribution >= 0.6 is 0 Å². The highest BCUT2D eigenvalue weighted by Crippen LogP contribution is 2.28. The van der Waals surface area contributed by atoms with Crippen molar-refractivity contribution in [3.63, 3.8) is 0 Å². The van der Waals surface area contributed by atoms with Gasteiger partial charge < -0.3 is 14.6 Å². The minimum absolute atomic E-state index is 0.280. The zero-order valence-electron chi connectivity index (χ0n) is 18.3. The van der Waals surface area contributed by atoms with E-state index in [2.05, 4.69) is 15.2 Å². The molecule has 2 aromatic heterocycles. The zero-order valence-corrected chi connectivity index (χ0v) is 18.3. The van der Waals surface area contributed by atoms with Gasteiger partial charge in [-0.05, 0) is 63.8 Å². The number of hydrogen-bond donors (Lipinski definition) is 1.